The number of hydrogen-bond acceptors (Lipinski definition) is 1. The molecular formula is C15H15BrClN. The van der Waals surface area contributed by atoms with E-state index >= 15 is 0 Å². The highest BCUT2D eigenvalue weighted by atomic mass is 79.9. The molecule has 0 aliphatic carbocycles. The fraction of sp³-hybridized carbons (Fsp3) is 0.200. The van der Waals surface area contributed by atoms with Crippen LogP contribution in [0.4, 0.5) is 11.4 Å². The van der Waals surface area contributed by atoms with Gasteiger partial charge in [0.15, 0.2) is 0 Å². The summed E-state index contributed by atoms with van der Waals surface area (Å²) in [5.41, 5.74) is 3.60. The average molecular weight is 325 g/mol. The third kappa shape index (κ3) is 2.88. The van der Waals surface area contributed by atoms with Crippen LogP contribution < -0.4 is 4.90 Å². The molecule has 2 aromatic rings. The predicted molar refractivity (Wildman–Crippen MR) is 83.2 cm³/mol. The number of anilines is 2. The topological polar surface area (TPSA) is 3.24 Å². The van der Waals surface area contributed by atoms with Gasteiger partial charge in [-0.25, -0.2) is 0 Å². The largest absolute Gasteiger partial charge is 0.342 e. The fourth-order valence-corrected chi connectivity index (χ4v) is 2.67. The van der Waals surface area contributed by atoms with E-state index in [4.69, 9.17) is 11.6 Å². The van der Waals surface area contributed by atoms with Crippen LogP contribution in [0.5, 0.6) is 0 Å². The summed E-state index contributed by atoms with van der Waals surface area (Å²) >= 11 is 9.58. The van der Waals surface area contributed by atoms with Crippen molar-refractivity contribution >= 4 is 38.9 Å². The Morgan fingerprint density at radius 2 is 1.83 bits per heavy atom. The summed E-state index contributed by atoms with van der Waals surface area (Å²) in [5, 5.41) is 1.57. The number of halogens is 2. The van der Waals surface area contributed by atoms with Crippen molar-refractivity contribution in [3.8, 4) is 0 Å². The van der Waals surface area contributed by atoms with Crippen LogP contribution in [0.15, 0.2) is 48.5 Å². The number of para-hydroxylation sites is 1. The summed E-state index contributed by atoms with van der Waals surface area (Å²) in [6.45, 7) is 3.07. The molecular weight excluding hydrogens is 310 g/mol. The summed E-state index contributed by atoms with van der Waals surface area (Å²) in [5.74, 6) is 0. The molecule has 0 aromatic heterocycles. The molecule has 0 radical (unpaired) electrons. The summed E-state index contributed by atoms with van der Waals surface area (Å²) < 4.78 is 0. The van der Waals surface area contributed by atoms with Gasteiger partial charge in [0.2, 0.25) is 0 Å². The van der Waals surface area contributed by atoms with E-state index in [-0.39, 0.29) is 0 Å². The molecule has 0 amide bonds. The standard InChI is InChI=1S/C15H15BrClN/c1-2-18(14-6-4-3-5-7-14)15-9-8-13(17)10-12(15)11-16/h3-10H,2,11H2,1H3. The Bertz CT molecular complexity index is 513. The van der Waals surface area contributed by atoms with E-state index in [0.717, 1.165) is 16.9 Å². The molecule has 0 unspecified atom stereocenters. The molecule has 0 aliphatic heterocycles. The highest BCUT2D eigenvalue weighted by Gasteiger charge is 2.11. The number of hydrogen-bond donors (Lipinski definition) is 0. The SMILES string of the molecule is CCN(c1ccccc1)c1ccc(Cl)cc1CBr. The highest BCUT2D eigenvalue weighted by Crippen LogP contribution is 2.31. The lowest BCUT2D eigenvalue weighted by Gasteiger charge is -2.25. The van der Waals surface area contributed by atoms with E-state index in [0.29, 0.717) is 0 Å². The van der Waals surface area contributed by atoms with Crippen LogP contribution in [0.3, 0.4) is 0 Å². The summed E-state index contributed by atoms with van der Waals surface area (Å²) in [6.07, 6.45) is 0. The summed E-state index contributed by atoms with van der Waals surface area (Å²) in [6, 6.07) is 16.4. The van der Waals surface area contributed by atoms with Gasteiger partial charge in [-0.05, 0) is 42.8 Å². The minimum atomic E-state index is 0.775. The maximum Gasteiger partial charge on any atom is 0.0452 e. The fourth-order valence-electron chi connectivity index (χ4n) is 2.02. The Hall–Kier alpha value is -0.990. The van der Waals surface area contributed by atoms with Gasteiger partial charge in [-0.3, -0.25) is 0 Å². The second kappa shape index (κ2) is 6.26. The molecule has 18 heavy (non-hydrogen) atoms. The van der Waals surface area contributed by atoms with Crippen molar-refractivity contribution < 1.29 is 0 Å². The number of benzene rings is 2. The quantitative estimate of drug-likeness (QED) is 0.681. The Balaban J connectivity index is 2.45. The van der Waals surface area contributed by atoms with Crippen LogP contribution in [-0.2, 0) is 5.33 Å². The summed E-state index contributed by atoms with van der Waals surface area (Å²) in [7, 11) is 0. The average Bonchev–Trinajstić information content (AvgIpc) is 2.42. The smallest absolute Gasteiger partial charge is 0.0452 e. The lowest BCUT2D eigenvalue weighted by atomic mass is 10.1. The molecule has 0 saturated carbocycles. The first-order valence-electron chi connectivity index (χ1n) is 5.93. The van der Waals surface area contributed by atoms with Crippen LogP contribution in [0.25, 0.3) is 0 Å². The van der Waals surface area contributed by atoms with Crippen molar-refractivity contribution in [2.45, 2.75) is 12.3 Å². The Kier molecular flexibility index (Phi) is 4.67. The molecule has 0 aliphatic rings. The van der Waals surface area contributed by atoms with E-state index in [9.17, 15) is 0 Å². The van der Waals surface area contributed by atoms with Gasteiger partial charge in [0, 0.05) is 28.3 Å². The van der Waals surface area contributed by atoms with Gasteiger partial charge >= 0.3 is 0 Å². The zero-order chi connectivity index (χ0) is 13.0. The van der Waals surface area contributed by atoms with E-state index in [1.54, 1.807) is 0 Å². The first kappa shape index (κ1) is 13.4. The zero-order valence-corrected chi connectivity index (χ0v) is 12.6. The second-order valence-corrected chi connectivity index (χ2v) is 4.98. The summed E-state index contributed by atoms with van der Waals surface area (Å²) in [4.78, 5) is 2.28. The van der Waals surface area contributed by atoms with Crippen LogP contribution in [0.1, 0.15) is 12.5 Å². The van der Waals surface area contributed by atoms with E-state index in [1.807, 2.05) is 18.2 Å². The Morgan fingerprint density at radius 1 is 1.11 bits per heavy atom. The zero-order valence-electron chi connectivity index (χ0n) is 10.2. The van der Waals surface area contributed by atoms with Gasteiger partial charge in [0.1, 0.15) is 0 Å². The van der Waals surface area contributed by atoms with Crippen molar-refractivity contribution in [3.63, 3.8) is 0 Å². The molecule has 2 rings (SSSR count). The molecule has 0 heterocycles. The van der Waals surface area contributed by atoms with E-state index in [2.05, 4.69) is 58.1 Å². The van der Waals surface area contributed by atoms with Crippen LogP contribution >= 0.6 is 27.5 Å². The van der Waals surface area contributed by atoms with Crippen LogP contribution in [0.2, 0.25) is 5.02 Å². The van der Waals surface area contributed by atoms with Crippen molar-refractivity contribution in [1.82, 2.24) is 0 Å². The molecule has 0 fully saturated rings. The molecule has 0 N–H and O–H groups in total. The second-order valence-electron chi connectivity index (χ2n) is 3.99. The molecule has 3 heteroatoms. The predicted octanol–water partition coefficient (Wildman–Crippen LogP) is 5.39. The molecule has 0 spiro atoms. The third-order valence-corrected chi connectivity index (χ3v) is 3.70. The van der Waals surface area contributed by atoms with Gasteiger partial charge in [0.25, 0.3) is 0 Å². The van der Waals surface area contributed by atoms with Crippen molar-refractivity contribution in [2.75, 3.05) is 11.4 Å². The third-order valence-electron chi connectivity index (χ3n) is 2.86. The molecule has 0 atom stereocenters. The maximum absolute atomic E-state index is 6.05. The lowest BCUT2D eigenvalue weighted by Crippen LogP contribution is -2.17. The normalized spacial score (nSPS) is 10.4. The maximum atomic E-state index is 6.05. The first-order valence-corrected chi connectivity index (χ1v) is 7.43. The molecule has 2 aromatic carbocycles. The number of rotatable bonds is 4. The van der Waals surface area contributed by atoms with E-state index in [1.165, 1.54) is 16.9 Å². The van der Waals surface area contributed by atoms with Crippen molar-refractivity contribution in [2.24, 2.45) is 0 Å². The van der Waals surface area contributed by atoms with Gasteiger partial charge in [-0.15, -0.1) is 0 Å². The Morgan fingerprint density at radius 3 is 2.44 bits per heavy atom. The molecule has 94 valence electrons. The van der Waals surface area contributed by atoms with Crippen molar-refractivity contribution in [1.29, 1.82) is 0 Å². The molecule has 0 saturated heterocycles. The van der Waals surface area contributed by atoms with Gasteiger partial charge < -0.3 is 4.90 Å². The van der Waals surface area contributed by atoms with Crippen molar-refractivity contribution in [3.05, 3.63) is 59.1 Å². The monoisotopic (exact) mass is 323 g/mol. The van der Waals surface area contributed by atoms with E-state index < -0.39 is 0 Å². The van der Waals surface area contributed by atoms with Gasteiger partial charge in [0.05, 0.1) is 0 Å². The van der Waals surface area contributed by atoms with Crippen LogP contribution in [-0.4, -0.2) is 6.54 Å². The molecule has 1 nitrogen and oxygen atoms in total. The van der Waals surface area contributed by atoms with Crippen LogP contribution in [0, 0.1) is 0 Å². The molecule has 0 bridgehead atoms. The van der Waals surface area contributed by atoms with Gasteiger partial charge in [-0.1, -0.05) is 45.7 Å². The van der Waals surface area contributed by atoms with Gasteiger partial charge in [-0.2, -0.15) is 0 Å². The Labute approximate surface area is 122 Å². The minimum absolute atomic E-state index is 0.775. The minimum Gasteiger partial charge on any atom is -0.342 e. The lowest BCUT2D eigenvalue weighted by molar-refractivity contribution is 1.01. The number of alkyl halides is 1. The number of nitrogens with zero attached hydrogens (tertiary/aromatic N) is 1. The highest BCUT2D eigenvalue weighted by molar-refractivity contribution is 9.08. The first-order chi connectivity index (χ1) is 8.76.